The number of nitrogens with zero attached hydrogens (tertiary/aromatic N) is 4. The van der Waals surface area contributed by atoms with Gasteiger partial charge in [0.2, 0.25) is 0 Å². The maximum Gasteiger partial charge on any atom is 0.178 e. The predicted octanol–water partition coefficient (Wildman–Crippen LogP) is 17.5. The molecule has 0 radical (unpaired) electrons. The highest BCUT2D eigenvalue weighted by molar-refractivity contribution is 6.12. The van der Waals surface area contributed by atoms with Gasteiger partial charge in [0.05, 0.1) is 68.8 Å². The molecular formula is C64H79N8O2+. The van der Waals surface area contributed by atoms with Crippen molar-refractivity contribution in [1.29, 1.82) is 0 Å². The monoisotopic (exact) mass is 992 g/mol. The van der Waals surface area contributed by atoms with Crippen molar-refractivity contribution < 1.29 is 14.0 Å². The first-order valence-electron chi connectivity index (χ1n) is 28.4. The van der Waals surface area contributed by atoms with E-state index in [4.69, 9.17) is 24.4 Å². The minimum absolute atomic E-state index is 0.674. The number of benzene rings is 2. The number of hydrogen-bond acceptors (Lipinski definition) is 5. The average molecular weight is 992 g/mol. The smallest absolute Gasteiger partial charge is 0.178 e. The van der Waals surface area contributed by atoms with Crippen LogP contribution < -0.4 is 14.0 Å². The van der Waals surface area contributed by atoms with Gasteiger partial charge in [-0.15, -0.1) is 0 Å². The highest BCUT2D eigenvalue weighted by Gasteiger charge is 2.22. The first kappa shape index (κ1) is 50.8. The number of rotatable bonds is 27. The van der Waals surface area contributed by atoms with Gasteiger partial charge in [0.15, 0.2) is 12.4 Å². The first-order valence-corrected chi connectivity index (χ1v) is 28.4. The van der Waals surface area contributed by atoms with E-state index in [0.29, 0.717) is 6.61 Å². The quantitative estimate of drug-likeness (QED) is 0.0232. The van der Waals surface area contributed by atoms with Gasteiger partial charge in [-0.05, 0) is 63.4 Å². The summed E-state index contributed by atoms with van der Waals surface area (Å²) in [5.41, 5.74) is 15.9. The molecule has 0 amide bonds. The summed E-state index contributed by atoms with van der Waals surface area (Å²) in [5.74, 6) is 1.87. The standard InChI is InChI=1S/C64H78N8O2/c1-7-9-11-13-15-17-19-21-23-25-35-73-63-43(4)45-27-30-53(69-57(45)52-41-72(6)34-33-47(52)63)50-39-67-60-51(40-68-59(50)60)55-32-29-48-62(71-55)61-46(28-31-54(70-61)49-38-66-56-42(3)37-65-58(49)56)44(5)64(48)74-36-26-24-22-20-18-16-14-12-10-8-2/h27-34,37-41H,7-26,35-36H2,1-6H3,(H3,65,66,68,70,71)/p+1. The van der Waals surface area contributed by atoms with Crippen LogP contribution >= 0.6 is 0 Å². The topological polar surface area (TPSA) is 124 Å². The number of pyridine rings is 4. The summed E-state index contributed by atoms with van der Waals surface area (Å²) in [5, 5.41) is 5.33. The molecule has 0 aliphatic carbocycles. The summed E-state index contributed by atoms with van der Waals surface area (Å²) in [6, 6.07) is 15.2. The molecule has 0 aliphatic heterocycles. The molecule has 2 aromatic carbocycles. The summed E-state index contributed by atoms with van der Waals surface area (Å²) in [7, 11) is 2.08. The highest BCUT2D eigenvalue weighted by Crippen LogP contribution is 2.42. The van der Waals surface area contributed by atoms with E-state index >= 15 is 0 Å². The van der Waals surface area contributed by atoms with E-state index in [-0.39, 0.29) is 0 Å². The van der Waals surface area contributed by atoms with E-state index < -0.39 is 0 Å². The van der Waals surface area contributed by atoms with Gasteiger partial charge < -0.3 is 29.4 Å². The Bertz CT molecular complexity index is 3520. The van der Waals surface area contributed by atoms with Crippen molar-refractivity contribution in [3.8, 4) is 45.3 Å². The highest BCUT2D eigenvalue weighted by atomic mass is 16.5. The second-order valence-corrected chi connectivity index (χ2v) is 21.3. The lowest BCUT2D eigenvalue weighted by Crippen LogP contribution is -2.26. The zero-order chi connectivity index (χ0) is 51.0. The van der Waals surface area contributed by atoms with Gasteiger partial charge in [-0.25, -0.2) is 19.5 Å². The summed E-state index contributed by atoms with van der Waals surface area (Å²) in [6.07, 6.45) is 38.5. The Morgan fingerprint density at radius 2 is 0.797 bits per heavy atom. The van der Waals surface area contributed by atoms with Crippen LogP contribution in [0.3, 0.4) is 0 Å². The van der Waals surface area contributed by atoms with Crippen molar-refractivity contribution in [1.82, 2.24) is 34.9 Å². The third kappa shape index (κ3) is 10.6. The van der Waals surface area contributed by atoms with Crippen LogP contribution in [0.15, 0.2) is 79.6 Å². The van der Waals surface area contributed by atoms with Crippen LogP contribution in [0.2, 0.25) is 0 Å². The predicted molar refractivity (Wildman–Crippen MR) is 309 cm³/mol. The fourth-order valence-corrected chi connectivity index (χ4v) is 11.5. The number of aryl methyl sites for hydroxylation is 4. The van der Waals surface area contributed by atoms with Gasteiger partial charge in [0.25, 0.3) is 0 Å². The van der Waals surface area contributed by atoms with Gasteiger partial charge in [0, 0.05) is 80.2 Å². The molecule has 8 heterocycles. The fourth-order valence-electron chi connectivity index (χ4n) is 11.5. The molecule has 0 atom stereocenters. The molecule has 10 nitrogen and oxygen atoms in total. The molecule has 0 saturated carbocycles. The van der Waals surface area contributed by atoms with Crippen LogP contribution in [0.25, 0.3) is 99.3 Å². The number of aromatic nitrogens is 8. The Kier molecular flexibility index (Phi) is 16.3. The molecule has 10 heteroatoms. The number of H-pyrrole nitrogens is 4. The van der Waals surface area contributed by atoms with Gasteiger partial charge >= 0.3 is 0 Å². The molecular weight excluding hydrogens is 913 g/mol. The molecule has 0 unspecified atom stereocenters. The molecule has 0 fully saturated rings. The van der Waals surface area contributed by atoms with Crippen LogP contribution in [-0.2, 0) is 7.05 Å². The molecule has 8 aromatic heterocycles. The lowest BCUT2D eigenvalue weighted by atomic mass is 10.00. The SMILES string of the molecule is CCCCCCCCCCCCOc1c(C)c2ccc(-c3c[nH]c4c(-c5ccc6c(OCCCCCCCCCCCC)c(C)c7ccc(-c8c[nH]c9c(C)c[nH]c89)nc7c6n5)c[nH]c34)nc2c2c[n+](C)ccc12. The Hall–Kier alpha value is -6.68. The summed E-state index contributed by atoms with van der Waals surface area (Å²) < 4.78 is 15.5. The Morgan fingerprint density at radius 1 is 0.405 bits per heavy atom. The number of fused-ring (bicyclic) bond motifs is 8. The van der Waals surface area contributed by atoms with Crippen molar-refractivity contribution in [2.75, 3.05) is 13.2 Å². The molecule has 74 heavy (non-hydrogen) atoms. The molecule has 10 aromatic rings. The zero-order valence-corrected chi connectivity index (χ0v) is 45.2. The number of nitrogens with one attached hydrogen (secondary N) is 4. The van der Waals surface area contributed by atoms with Gasteiger partial charge in [0.1, 0.15) is 24.1 Å². The van der Waals surface area contributed by atoms with E-state index in [9.17, 15) is 0 Å². The summed E-state index contributed by atoms with van der Waals surface area (Å²) in [6.45, 7) is 12.4. The van der Waals surface area contributed by atoms with Crippen molar-refractivity contribution in [2.24, 2.45) is 7.05 Å². The first-order chi connectivity index (χ1) is 36.3. The lowest BCUT2D eigenvalue weighted by Gasteiger charge is -2.16. The molecule has 0 spiro atoms. The third-order valence-electron chi connectivity index (χ3n) is 15.8. The van der Waals surface area contributed by atoms with Crippen LogP contribution in [-0.4, -0.2) is 48.1 Å². The molecule has 0 saturated heterocycles. The van der Waals surface area contributed by atoms with Crippen LogP contribution in [0, 0.1) is 20.8 Å². The molecule has 386 valence electrons. The zero-order valence-electron chi connectivity index (χ0n) is 45.2. The number of unbranched alkanes of at least 4 members (excludes halogenated alkanes) is 18. The fraction of sp³-hybridized carbons (Fsp3) is 0.438. The van der Waals surface area contributed by atoms with E-state index in [1.165, 1.54) is 121 Å². The Balaban J connectivity index is 0.926. The van der Waals surface area contributed by atoms with Gasteiger partial charge in [-0.3, -0.25) is 0 Å². The normalized spacial score (nSPS) is 12.0. The van der Waals surface area contributed by atoms with Gasteiger partial charge in [-0.1, -0.05) is 142 Å². The van der Waals surface area contributed by atoms with Crippen molar-refractivity contribution in [3.63, 3.8) is 0 Å². The van der Waals surface area contributed by atoms with E-state index in [0.717, 1.165) is 141 Å². The van der Waals surface area contributed by atoms with E-state index in [1.807, 2.05) is 6.20 Å². The van der Waals surface area contributed by atoms with E-state index in [2.05, 4.69) is 140 Å². The van der Waals surface area contributed by atoms with Crippen LogP contribution in [0.1, 0.15) is 159 Å². The Labute approximate surface area is 437 Å². The van der Waals surface area contributed by atoms with Crippen LogP contribution in [0.5, 0.6) is 11.5 Å². The molecule has 0 bridgehead atoms. The number of hydrogen-bond donors (Lipinski definition) is 4. The Morgan fingerprint density at radius 3 is 1.31 bits per heavy atom. The number of ether oxygens (including phenoxy) is 2. The minimum Gasteiger partial charge on any atom is -0.493 e. The molecule has 0 aliphatic rings. The van der Waals surface area contributed by atoms with Crippen molar-refractivity contribution in [3.05, 3.63) is 96.3 Å². The largest absolute Gasteiger partial charge is 0.493 e. The molecule has 10 rings (SSSR count). The van der Waals surface area contributed by atoms with Crippen LogP contribution in [0.4, 0.5) is 0 Å². The lowest BCUT2D eigenvalue weighted by molar-refractivity contribution is -0.670. The van der Waals surface area contributed by atoms with Gasteiger partial charge in [-0.2, -0.15) is 0 Å². The minimum atomic E-state index is 0.674. The van der Waals surface area contributed by atoms with Crippen molar-refractivity contribution >= 4 is 65.5 Å². The average Bonchev–Trinajstić information content (AvgIpc) is 4.24. The summed E-state index contributed by atoms with van der Waals surface area (Å²) >= 11 is 0. The van der Waals surface area contributed by atoms with E-state index in [1.54, 1.807) is 0 Å². The number of aromatic amines is 4. The summed E-state index contributed by atoms with van der Waals surface area (Å²) in [4.78, 5) is 30.6. The third-order valence-corrected chi connectivity index (χ3v) is 15.8. The maximum absolute atomic E-state index is 6.77. The maximum atomic E-state index is 6.77. The second kappa shape index (κ2) is 23.7. The van der Waals surface area contributed by atoms with Crippen molar-refractivity contribution in [2.45, 2.75) is 163 Å². The second-order valence-electron chi connectivity index (χ2n) is 21.3. The molecule has 4 N–H and O–H groups in total.